The van der Waals surface area contributed by atoms with E-state index in [1.807, 2.05) is 0 Å². The Morgan fingerprint density at radius 3 is 2.62 bits per heavy atom. The molecule has 2 fully saturated rings. The molecule has 0 saturated heterocycles. The van der Waals surface area contributed by atoms with Crippen LogP contribution in [0, 0.1) is 23.2 Å². The summed E-state index contributed by atoms with van der Waals surface area (Å²) < 4.78 is 5.92. The van der Waals surface area contributed by atoms with Gasteiger partial charge in [0.2, 0.25) is 0 Å². The van der Waals surface area contributed by atoms with Crippen LogP contribution in [0.15, 0.2) is 0 Å². The molecule has 2 aliphatic carbocycles. The summed E-state index contributed by atoms with van der Waals surface area (Å²) in [5.41, 5.74) is 0.533. The third kappa shape index (κ3) is 3.00. The van der Waals surface area contributed by atoms with Gasteiger partial charge in [0.25, 0.3) is 0 Å². The molecule has 0 aliphatic heterocycles. The average Bonchev–Trinajstić information content (AvgIpc) is 2.84. The molecule has 3 unspecified atom stereocenters. The summed E-state index contributed by atoms with van der Waals surface area (Å²) in [5.74, 6) is 2.74. The van der Waals surface area contributed by atoms with Crippen LogP contribution in [-0.2, 0) is 4.74 Å². The van der Waals surface area contributed by atoms with E-state index < -0.39 is 0 Å². The van der Waals surface area contributed by atoms with Crippen molar-refractivity contribution in [3.05, 3.63) is 0 Å². The highest BCUT2D eigenvalue weighted by Crippen LogP contribution is 2.54. The quantitative estimate of drug-likeness (QED) is 0.627. The fraction of sp³-hybridized carbons (Fsp3) is 1.00. The second-order valence-corrected chi connectivity index (χ2v) is 6.62. The molecular formula is C15H28O. The fourth-order valence-electron chi connectivity index (χ4n) is 3.18. The minimum atomic E-state index is 0.533. The number of hydrogen-bond donors (Lipinski definition) is 0. The van der Waals surface area contributed by atoms with Crippen LogP contribution in [0.3, 0.4) is 0 Å². The van der Waals surface area contributed by atoms with Gasteiger partial charge in [-0.15, -0.1) is 0 Å². The second kappa shape index (κ2) is 5.08. The summed E-state index contributed by atoms with van der Waals surface area (Å²) in [6.07, 6.45) is 8.53. The van der Waals surface area contributed by atoms with Crippen molar-refractivity contribution in [1.82, 2.24) is 0 Å². The average molecular weight is 224 g/mol. The molecule has 1 heteroatoms. The Labute approximate surface area is 101 Å². The lowest BCUT2D eigenvalue weighted by Gasteiger charge is -2.28. The topological polar surface area (TPSA) is 9.23 Å². The maximum Gasteiger partial charge on any atom is 0.0522 e. The molecule has 0 N–H and O–H groups in total. The van der Waals surface area contributed by atoms with Crippen molar-refractivity contribution < 1.29 is 4.74 Å². The van der Waals surface area contributed by atoms with Gasteiger partial charge in [-0.05, 0) is 36.0 Å². The zero-order chi connectivity index (χ0) is 11.6. The molecule has 2 rings (SSSR count). The smallest absolute Gasteiger partial charge is 0.0522 e. The molecule has 0 aromatic carbocycles. The van der Waals surface area contributed by atoms with Gasteiger partial charge in [-0.3, -0.25) is 0 Å². The van der Waals surface area contributed by atoms with E-state index in [-0.39, 0.29) is 0 Å². The van der Waals surface area contributed by atoms with Gasteiger partial charge >= 0.3 is 0 Å². The normalized spacial score (nSPS) is 35.8. The number of rotatable bonds is 7. The fourth-order valence-corrected chi connectivity index (χ4v) is 3.18. The third-order valence-electron chi connectivity index (χ3n) is 4.83. The SMILES string of the molecule is CCC1CC1(C)COCC(C)CC1CCC1. The molecule has 0 spiro atoms. The first-order valence-electron chi connectivity index (χ1n) is 7.22. The first-order chi connectivity index (χ1) is 7.64. The van der Waals surface area contributed by atoms with Crippen molar-refractivity contribution in [3.63, 3.8) is 0 Å². The maximum absolute atomic E-state index is 5.92. The Morgan fingerprint density at radius 2 is 2.12 bits per heavy atom. The van der Waals surface area contributed by atoms with E-state index in [2.05, 4.69) is 20.8 Å². The van der Waals surface area contributed by atoms with Gasteiger partial charge in [-0.2, -0.15) is 0 Å². The summed E-state index contributed by atoms with van der Waals surface area (Å²) in [7, 11) is 0. The molecule has 0 aromatic heterocycles. The van der Waals surface area contributed by atoms with Gasteiger partial charge < -0.3 is 4.74 Å². The van der Waals surface area contributed by atoms with E-state index in [9.17, 15) is 0 Å². The summed E-state index contributed by atoms with van der Waals surface area (Å²) in [6, 6.07) is 0. The summed E-state index contributed by atoms with van der Waals surface area (Å²) in [5, 5.41) is 0. The lowest BCUT2D eigenvalue weighted by Crippen LogP contribution is -2.19. The standard InChI is InChI=1S/C15H28O/c1-4-14-9-15(14,3)11-16-10-12(2)8-13-6-5-7-13/h12-14H,4-11H2,1-3H3. The van der Waals surface area contributed by atoms with Crippen molar-refractivity contribution in [1.29, 1.82) is 0 Å². The number of ether oxygens (including phenoxy) is 1. The molecule has 3 atom stereocenters. The molecule has 0 radical (unpaired) electrons. The van der Waals surface area contributed by atoms with Crippen molar-refractivity contribution >= 4 is 0 Å². The summed E-state index contributed by atoms with van der Waals surface area (Å²) >= 11 is 0. The Hall–Kier alpha value is -0.0400. The molecule has 2 saturated carbocycles. The third-order valence-corrected chi connectivity index (χ3v) is 4.83. The van der Waals surface area contributed by atoms with Crippen LogP contribution in [0.25, 0.3) is 0 Å². The highest BCUT2D eigenvalue weighted by Gasteiger charge is 2.48. The first kappa shape index (κ1) is 12.4. The molecule has 94 valence electrons. The Balaban J connectivity index is 1.54. The van der Waals surface area contributed by atoms with Crippen molar-refractivity contribution in [2.75, 3.05) is 13.2 Å². The van der Waals surface area contributed by atoms with Gasteiger partial charge in [-0.1, -0.05) is 46.5 Å². The minimum absolute atomic E-state index is 0.533. The van der Waals surface area contributed by atoms with Gasteiger partial charge in [0.05, 0.1) is 6.61 Å². The first-order valence-corrected chi connectivity index (χ1v) is 7.22. The molecule has 0 amide bonds. The van der Waals surface area contributed by atoms with Gasteiger partial charge in [0.15, 0.2) is 0 Å². The number of hydrogen-bond acceptors (Lipinski definition) is 1. The highest BCUT2D eigenvalue weighted by atomic mass is 16.5. The van der Waals surface area contributed by atoms with Crippen LogP contribution in [0.2, 0.25) is 0 Å². The van der Waals surface area contributed by atoms with Crippen molar-refractivity contribution in [2.24, 2.45) is 23.2 Å². The zero-order valence-electron chi connectivity index (χ0n) is 11.3. The highest BCUT2D eigenvalue weighted by molar-refractivity contribution is 4.97. The zero-order valence-corrected chi connectivity index (χ0v) is 11.3. The summed E-state index contributed by atoms with van der Waals surface area (Å²) in [4.78, 5) is 0. The van der Waals surface area contributed by atoms with E-state index in [0.717, 1.165) is 31.0 Å². The van der Waals surface area contributed by atoms with Crippen LogP contribution in [-0.4, -0.2) is 13.2 Å². The Kier molecular flexibility index (Phi) is 3.94. The maximum atomic E-state index is 5.92. The Bertz CT molecular complexity index is 221. The van der Waals surface area contributed by atoms with Crippen molar-refractivity contribution in [2.45, 2.75) is 59.3 Å². The van der Waals surface area contributed by atoms with Gasteiger partial charge in [0.1, 0.15) is 0 Å². The van der Waals surface area contributed by atoms with Gasteiger partial charge in [-0.25, -0.2) is 0 Å². The lowest BCUT2D eigenvalue weighted by atomic mass is 9.79. The molecule has 0 heterocycles. The minimum Gasteiger partial charge on any atom is -0.381 e. The Morgan fingerprint density at radius 1 is 1.38 bits per heavy atom. The van der Waals surface area contributed by atoms with E-state index in [1.165, 1.54) is 38.5 Å². The monoisotopic (exact) mass is 224 g/mol. The van der Waals surface area contributed by atoms with E-state index in [0.29, 0.717) is 5.41 Å². The van der Waals surface area contributed by atoms with Crippen LogP contribution >= 0.6 is 0 Å². The second-order valence-electron chi connectivity index (χ2n) is 6.62. The largest absolute Gasteiger partial charge is 0.381 e. The van der Waals surface area contributed by atoms with Crippen LogP contribution in [0.1, 0.15) is 59.3 Å². The lowest BCUT2D eigenvalue weighted by molar-refractivity contribution is 0.0570. The predicted molar refractivity (Wildman–Crippen MR) is 68.4 cm³/mol. The molecular weight excluding hydrogens is 196 g/mol. The molecule has 16 heavy (non-hydrogen) atoms. The van der Waals surface area contributed by atoms with Gasteiger partial charge in [0, 0.05) is 6.61 Å². The molecule has 0 bridgehead atoms. The van der Waals surface area contributed by atoms with E-state index in [4.69, 9.17) is 4.74 Å². The van der Waals surface area contributed by atoms with Crippen molar-refractivity contribution in [3.8, 4) is 0 Å². The van der Waals surface area contributed by atoms with Crippen LogP contribution in [0.4, 0.5) is 0 Å². The molecule has 0 aromatic rings. The van der Waals surface area contributed by atoms with E-state index in [1.54, 1.807) is 0 Å². The van der Waals surface area contributed by atoms with Crippen LogP contribution in [0.5, 0.6) is 0 Å². The molecule has 1 nitrogen and oxygen atoms in total. The van der Waals surface area contributed by atoms with Crippen LogP contribution < -0.4 is 0 Å². The van der Waals surface area contributed by atoms with E-state index >= 15 is 0 Å². The summed E-state index contributed by atoms with van der Waals surface area (Å²) in [6.45, 7) is 9.03. The molecule has 2 aliphatic rings. The predicted octanol–water partition coefficient (Wildman–Crippen LogP) is 4.27.